The summed E-state index contributed by atoms with van der Waals surface area (Å²) in [6.45, 7) is 4.53. The summed E-state index contributed by atoms with van der Waals surface area (Å²) in [5.41, 5.74) is 1.43. The summed E-state index contributed by atoms with van der Waals surface area (Å²) in [6, 6.07) is 4.21. The summed E-state index contributed by atoms with van der Waals surface area (Å²) < 4.78 is 0. The van der Waals surface area contributed by atoms with Crippen LogP contribution < -0.4 is 10.6 Å². The Hall–Kier alpha value is -2.72. The Morgan fingerprint density at radius 2 is 1.37 bits per heavy atom. The van der Waals surface area contributed by atoms with Crippen molar-refractivity contribution in [3.8, 4) is 24.7 Å². The fourth-order valence-electron chi connectivity index (χ4n) is 3.25. The van der Waals surface area contributed by atoms with Crippen LogP contribution in [0.15, 0.2) is 18.2 Å². The number of hydrogen-bond donors (Lipinski definition) is 2. The van der Waals surface area contributed by atoms with Gasteiger partial charge >= 0.3 is 0 Å². The van der Waals surface area contributed by atoms with E-state index in [1.54, 1.807) is 25.1 Å². The van der Waals surface area contributed by atoms with Crippen LogP contribution in [-0.4, -0.2) is 24.4 Å². The van der Waals surface area contributed by atoms with Crippen LogP contribution in [0.4, 0.5) is 0 Å². The molecule has 1 aromatic carbocycles. The van der Waals surface area contributed by atoms with E-state index in [0.717, 1.165) is 12.8 Å². The van der Waals surface area contributed by atoms with Gasteiger partial charge < -0.3 is 10.6 Å². The fraction of sp³-hybridized carbons (Fsp3) is 0.538. The van der Waals surface area contributed by atoms with Crippen molar-refractivity contribution in [2.24, 2.45) is 0 Å². The smallest absolute Gasteiger partial charge is 0.252 e. The predicted molar refractivity (Wildman–Crippen MR) is 124 cm³/mol. The molecular weight excluding hydrogens is 372 g/mol. The Balaban J connectivity index is 2.24. The second-order valence-electron chi connectivity index (χ2n) is 7.76. The van der Waals surface area contributed by atoms with Gasteiger partial charge in [-0.25, -0.2) is 0 Å². The number of hydrogen-bond acceptors (Lipinski definition) is 2. The van der Waals surface area contributed by atoms with Crippen LogP contribution in [-0.2, 0) is 4.79 Å². The molecule has 4 nitrogen and oxygen atoms in total. The van der Waals surface area contributed by atoms with Crippen molar-refractivity contribution >= 4 is 11.8 Å². The van der Waals surface area contributed by atoms with Crippen molar-refractivity contribution in [2.45, 2.75) is 84.1 Å². The molecule has 0 aliphatic rings. The largest absolute Gasteiger partial charge is 0.354 e. The lowest BCUT2D eigenvalue weighted by Gasteiger charge is -2.14. The van der Waals surface area contributed by atoms with Crippen LogP contribution in [0.1, 0.15) is 99.5 Å². The lowest BCUT2D eigenvalue weighted by molar-refractivity contribution is -0.122. The molecule has 30 heavy (non-hydrogen) atoms. The molecule has 1 rings (SSSR count). The van der Waals surface area contributed by atoms with Crippen molar-refractivity contribution < 1.29 is 9.59 Å². The minimum Gasteiger partial charge on any atom is -0.354 e. The average Bonchev–Trinajstić information content (AvgIpc) is 2.76. The van der Waals surface area contributed by atoms with E-state index >= 15 is 0 Å². The molecule has 0 bridgehead atoms. The van der Waals surface area contributed by atoms with E-state index < -0.39 is 6.04 Å². The number of benzene rings is 1. The summed E-state index contributed by atoms with van der Waals surface area (Å²) in [7, 11) is 0. The monoisotopic (exact) mass is 408 g/mol. The summed E-state index contributed by atoms with van der Waals surface area (Å²) in [4.78, 5) is 24.7. The highest BCUT2D eigenvalue weighted by molar-refractivity contribution is 5.98. The first-order valence-electron chi connectivity index (χ1n) is 11.2. The summed E-state index contributed by atoms with van der Waals surface area (Å²) in [5.74, 6) is 4.40. The third kappa shape index (κ3) is 10.2. The Morgan fingerprint density at radius 3 is 1.87 bits per heavy atom. The lowest BCUT2D eigenvalue weighted by Crippen LogP contribution is -2.45. The highest BCUT2D eigenvalue weighted by atomic mass is 16.2. The molecule has 0 aromatic heterocycles. The minimum absolute atomic E-state index is 0.190. The zero-order chi connectivity index (χ0) is 22.2. The van der Waals surface area contributed by atoms with Crippen LogP contribution in [0, 0.1) is 24.7 Å². The third-order valence-electron chi connectivity index (χ3n) is 5.10. The molecule has 0 aliphatic carbocycles. The van der Waals surface area contributed by atoms with Gasteiger partial charge in [0.05, 0.1) is 0 Å². The SMILES string of the molecule is C#Cc1cc(C#C)cc(C(=O)N[C@H](C)C(=O)NCCCCCCCCCCCC)c1. The van der Waals surface area contributed by atoms with Gasteiger partial charge in [-0.2, -0.15) is 0 Å². The zero-order valence-electron chi connectivity index (χ0n) is 18.6. The summed E-state index contributed by atoms with van der Waals surface area (Å²) >= 11 is 0. The summed E-state index contributed by atoms with van der Waals surface area (Å²) in [5, 5.41) is 5.59. The Labute approximate surface area is 182 Å². The van der Waals surface area contributed by atoms with E-state index in [1.165, 1.54) is 51.4 Å². The Bertz CT molecular complexity index is 723. The molecule has 2 N–H and O–H groups in total. The summed E-state index contributed by atoms with van der Waals surface area (Å²) in [6.07, 6.45) is 23.4. The van der Waals surface area contributed by atoms with Gasteiger partial charge in [-0.05, 0) is 31.5 Å². The minimum atomic E-state index is -0.635. The molecule has 0 saturated heterocycles. The topological polar surface area (TPSA) is 58.2 Å². The van der Waals surface area contributed by atoms with Gasteiger partial charge in [0.1, 0.15) is 6.04 Å². The van der Waals surface area contributed by atoms with Gasteiger partial charge in [-0.1, -0.05) is 76.6 Å². The second kappa shape index (κ2) is 15.2. The van der Waals surface area contributed by atoms with Crippen LogP contribution in [0.5, 0.6) is 0 Å². The molecule has 0 saturated carbocycles. The molecule has 162 valence electrons. The van der Waals surface area contributed by atoms with E-state index in [4.69, 9.17) is 12.8 Å². The predicted octanol–water partition coefficient (Wildman–Crippen LogP) is 4.80. The van der Waals surface area contributed by atoms with Crippen molar-refractivity contribution in [2.75, 3.05) is 6.54 Å². The zero-order valence-corrected chi connectivity index (χ0v) is 18.6. The van der Waals surface area contributed by atoms with Crippen molar-refractivity contribution in [1.82, 2.24) is 10.6 Å². The quantitative estimate of drug-likeness (QED) is 0.343. The maximum atomic E-state index is 12.4. The number of amides is 2. The van der Waals surface area contributed by atoms with E-state index in [-0.39, 0.29) is 11.8 Å². The maximum Gasteiger partial charge on any atom is 0.252 e. The number of carbonyl (C=O) groups is 2. The van der Waals surface area contributed by atoms with Gasteiger partial charge in [-0.3, -0.25) is 9.59 Å². The first-order chi connectivity index (χ1) is 14.5. The van der Waals surface area contributed by atoms with Crippen LogP contribution >= 0.6 is 0 Å². The van der Waals surface area contributed by atoms with E-state index in [2.05, 4.69) is 29.4 Å². The van der Waals surface area contributed by atoms with Crippen LogP contribution in [0.2, 0.25) is 0 Å². The fourth-order valence-corrected chi connectivity index (χ4v) is 3.25. The van der Waals surface area contributed by atoms with Crippen molar-refractivity contribution in [3.05, 3.63) is 34.9 Å². The van der Waals surface area contributed by atoms with Crippen LogP contribution in [0.25, 0.3) is 0 Å². The number of rotatable bonds is 14. The first-order valence-corrected chi connectivity index (χ1v) is 11.2. The molecular formula is C26H36N2O2. The van der Waals surface area contributed by atoms with E-state index in [1.807, 2.05) is 0 Å². The van der Waals surface area contributed by atoms with Crippen LogP contribution in [0.3, 0.4) is 0 Å². The molecule has 1 atom stereocenters. The molecule has 0 aliphatic heterocycles. The molecule has 0 heterocycles. The molecule has 2 amide bonds. The van der Waals surface area contributed by atoms with E-state index in [9.17, 15) is 9.59 Å². The molecule has 0 spiro atoms. The van der Waals surface area contributed by atoms with Gasteiger partial charge in [0.25, 0.3) is 5.91 Å². The van der Waals surface area contributed by atoms with Crippen molar-refractivity contribution in [3.63, 3.8) is 0 Å². The van der Waals surface area contributed by atoms with Crippen molar-refractivity contribution in [1.29, 1.82) is 0 Å². The van der Waals surface area contributed by atoms with Gasteiger partial charge in [0.15, 0.2) is 0 Å². The number of nitrogens with one attached hydrogen (secondary N) is 2. The number of carbonyl (C=O) groups excluding carboxylic acids is 2. The maximum absolute atomic E-state index is 12.4. The van der Waals surface area contributed by atoms with Gasteiger partial charge in [0.2, 0.25) is 5.91 Å². The number of unbranched alkanes of at least 4 members (excludes halogenated alkanes) is 9. The standard InChI is InChI=1S/C26H36N2O2/c1-5-8-9-10-11-12-13-14-15-16-17-27-25(29)21(4)28-26(30)24-19-22(6-2)18-23(7-3)20-24/h2-3,18-21H,5,8-17H2,1,4H3,(H,27,29)(H,28,30)/t21-/m1/s1. The molecule has 0 unspecified atom stereocenters. The normalized spacial score (nSPS) is 11.2. The van der Waals surface area contributed by atoms with E-state index in [0.29, 0.717) is 23.2 Å². The second-order valence-corrected chi connectivity index (χ2v) is 7.76. The number of terminal acetylenes is 2. The molecule has 0 fully saturated rings. The third-order valence-corrected chi connectivity index (χ3v) is 5.10. The average molecular weight is 409 g/mol. The highest BCUT2D eigenvalue weighted by Gasteiger charge is 2.16. The highest BCUT2D eigenvalue weighted by Crippen LogP contribution is 2.11. The van der Waals surface area contributed by atoms with Gasteiger partial charge in [-0.15, -0.1) is 12.8 Å². The Kier molecular flexibility index (Phi) is 12.8. The molecule has 0 radical (unpaired) electrons. The first kappa shape index (κ1) is 25.3. The van der Waals surface area contributed by atoms with Gasteiger partial charge in [0, 0.05) is 23.2 Å². The molecule has 4 heteroatoms. The lowest BCUT2D eigenvalue weighted by atomic mass is 10.1. The molecule has 1 aromatic rings. The Morgan fingerprint density at radius 1 is 0.867 bits per heavy atom.